The average molecular weight is 246 g/mol. The minimum atomic E-state index is 1.05. The number of allylic oxidation sites excluding steroid dienone is 2. The molecule has 0 radical (unpaired) electrons. The summed E-state index contributed by atoms with van der Waals surface area (Å²) in [6.07, 6.45) is 14.0. The van der Waals surface area contributed by atoms with Crippen molar-refractivity contribution in [3.8, 4) is 0 Å². The van der Waals surface area contributed by atoms with E-state index in [1.54, 1.807) is 5.57 Å². The lowest BCUT2D eigenvalue weighted by Crippen LogP contribution is -2.47. The van der Waals surface area contributed by atoms with Crippen LogP contribution in [0.5, 0.6) is 0 Å². The van der Waals surface area contributed by atoms with Gasteiger partial charge < -0.3 is 4.90 Å². The number of nitrogens with zero attached hydrogens (tertiary/aromatic N) is 2. The van der Waals surface area contributed by atoms with Gasteiger partial charge in [-0.1, -0.05) is 18.2 Å². The van der Waals surface area contributed by atoms with Crippen LogP contribution in [0.2, 0.25) is 0 Å². The number of rotatable bonds is 4. The molecule has 2 nitrogen and oxygen atoms in total. The molecular formula is C16H26N2. The molecule has 1 saturated heterocycles. The number of piperazine rings is 1. The molecule has 0 bridgehead atoms. The maximum atomic E-state index is 2.67. The summed E-state index contributed by atoms with van der Waals surface area (Å²) < 4.78 is 0. The highest BCUT2D eigenvalue weighted by atomic mass is 15.3. The molecule has 0 unspecified atom stereocenters. The third-order valence-corrected chi connectivity index (χ3v) is 4.40. The van der Waals surface area contributed by atoms with E-state index in [4.69, 9.17) is 0 Å². The molecule has 3 aliphatic rings. The van der Waals surface area contributed by atoms with Gasteiger partial charge in [0.25, 0.3) is 0 Å². The topological polar surface area (TPSA) is 6.48 Å². The maximum Gasteiger partial charge on any atom is 0.0231 e. The zero-order valence-corrected chi connectivity index (χ0v) is 11.5. The summed E-state index contributed by atoms with van der Waals surface area (Å²) in [5.74, 6) is 1.05. The Kier molecular flexibility index (Phi) is 4.16. The fourth-order valence-corrected chi connectivity index (χ4v) is 3.00. The first-order valence-corrected chi connectivity index (χ1v) is 7.70. The van der Waals surface area contributed by atoms with Crippen LogP contribution >= 0.6 is 0 Å². The normalized spacial score (nSPS) is 27.0. The van der Waals surface area contributed by atoms with Crippen LogP contribution in [-0.4, -0.2) is 49.1 Å². The van der Waals surface area contributed by atoms with Gasteiger partial charge in [0.05, 0.1) is 0 Å². The monoisotopic (exact) mass is 246 g/mol. The highest BCUT2D eigenvalue weighted by molar-refractivity contribution is 5.22. The highest BCUT2D eigenvalue weighted by Crippen LogP contribution is 2.29. The Balaban J connectivity index is 1.42. The van der Waals surface area contributed by atoms with Crippen molar-refractivity contribution in [2.75, 3.05) is 39.3 Å². The van der Waals surface area contributed by atoms with Gasteiger partial charge in [0, 0.05) is 39.3 Å². The summed E-state index contributed by atoms with van der Waals surface area (Å²) in [7, 11) is 0. The molecule has 2 fully saturated rings. The molecule has 1 aliphatic heterocycles. The molecule has 1 heterocycles. The van der Waals surface area contributed by atoms with Gasteiger partial charge >= 0.3 is 0 Å². The summed E-state index contributed by atoms with van der Waals surface area (Å²) in [5, 5.41) is 0. The van der Waals surface area contributed by atoms with E-state index < -0.39 is 0 Å². The number of hydrogen-bond donors (Lipinski definition) is 0. The van der Waals surface area contributed by atoms with Crippen molar-refractivity contribution in [3.05, 3.63) is 23.8 Å². The summed E-state index contributed by atoms with van der Waals surface area (Å²) in [6, 6.07) is 0. The van der Waals surface area contributed by atoms with E-state index in [1.165, 1.54) is 71.4 Å². The van der Waals surface area contributed by atoms with Crippen LogP contribution in [-0.2, 0) is 0 Å². The molecule has 2 heteroatoms. The van der Waals surface area contributed by atoms with E-state index >= 15 is 0 Å². The van der Waals surface area contributed by atoms with Crippen LogP contribution in [0, 0.1) is 5.92 Å². The molecular weight excluding hydrogens is 220 g/mol. The Hall–Kier alpha value is -0.600. The summed E-state index contributed by atoms with van der Waals surface area (Å²) >= 11 is 0. The standard InChI is InChI=1S/C16H26N2/c1-2-4-6-15(5-3-1)13-17-9-11-18(12-10-17)14-16-7-8-16/h3,5-6,16H,1-2,4,7-14H2. The lowest BCUT2D eigenvalue weighted by Gasteiger charge is -2.35. The van der Waals surface area contributed by atoms with Crippen LogP contribution in [0.4, 0.5) is 0 Å². The Bertz CT molecular complexity index is 320. The first kappa shape index (κ1) is 12.4. The van der Waals surface area contributed by atoms with E-state index in [2.05, 4.69) is 28.0 Å². The molecule has 0 aromatic rings. The van der Waals surface area contributed by atoms with E-state index in [9.17, 15) is 0 Å². The molecule has 100 valence electrons. The zero-order valence-electron chi connectivity index (χ0n) is 11.5. The fourth-order valence-electron chi connectivity index (χ4n) is 3.00. The fraction of sp³-hybridized carbons (Fsp3) is 0.750. The van der Waals surface area contributed by atoms with Crippen molar-refractivity contribution in [1.29, 1.82) is 0 Å². The lowest BCUT2D eigenvalue weighted by molar-refractivity contribution is 0.137. The van der Waals surface area contributed by atoms with E-state index in [-0.39, 0.29) is 0 Å². The molecule has 0 amide bonds. The first-order valence-electron chi connectivity index (χ1n) is 7.70. The molecule has 2 aliphatic carbocycles. The molecule has 0 aromatic heterocycles. The largest absolute Gasteiger partial charge is 0.301 e. The number of hydrogen-bond acceptors (Lipinski definition) is 2. The average Bonchev–Trinajstić information content (AvgIpc) is 3.19. The van der Waals surface area contributed by atoms with Crippen LogP contribution in [0.3, 0.4) is 0 Å². The van der Waals surface area contributed by atoms with Crippen LogP contribution in [0.25, 0.3) is 0 Å². The van der Waals surface area contributed by atoms with Gasteiger partial charge in [0.2, 0.25) is 0 Å². The second-order valence-electron chi connectivity index (χ2n) is 6.13. The summed E-state index contributed by atoms with van der Waals surface area (Å²) in [4.78, 5) is 5.30. The zero-order chi connectivity index (χ0) is 12.2. The van der Waals surface area contributed by atoms with Gasteiger partial charge in [-0.3, -0.25) is 4.90 Å². The second-order valence-corrected chi connectivity index (χ2v) is 6.13. The third-order valence-electron chi connectivity index (χ3n) is 4.40. The Morgan fingerprint density at radius 1 is 1.00 bits per heavy atom. The van der Waals surface area contributed by atoms with E-state index in [0.717, 1.165) is 5.92 Å². The van der Waals surface area contributed by atoms with E-state index in [0.29, 0.717) is 0 Å². The van der Waals surface area contributed by atoms with Crippen LogP contribution < -0.4 is 0 Å². The van der Waals surface area contributed by atoms with Crippen molar-refractivity contribution < 1.29 is 0 Å². The Labute approximate surface area is 111 Å². The molecule has 3 rings (SSSR count). The Morgan fingerprint density at radius 2 is 1.78 bits per heavy atom. The minimum Gasteiger partial charge on any atom is -0.301 e. The lowest BCUT2D eigenvalue weighted by atomic mass is 10.2. The van der Waals surface area contributed by atoms with Gasteiger partial charge in [-0.25, -0.2) is 0 Å². The van der Waals surface area contributed by atoms with Crippen LogP contribution in [0.15, 0.2) is 23.8 Å². The van der Waals surface area contributed by atoms with Crippen molar-refractivity contribution in [1.82, 2.24) is 9.80 Å². The first-order chi connectivity index (χ1) is 8.90. The smallest absolute Gasteiger partial charge is 0.0231 e. The van der Waals surface area contributed by atoms with Gasteiger partial charge in [0.1, 0.15) is 0 Å². The van der Waals surface area contributed by atoms with Crippen LogP contribution in [0.1, 0.15) is 32.1 Å². The minimum absolute atomic E-state index is 1.05. The highest BCUT2D eigenvalue weighted by Gasteiger charge is 2.26. The van der Waals surface area contributed by atoms with Gasteiger partial charge in [-0.2, -0.15) is 0 Å². The second kappa shape index (κ2) is 6.03. The molecule has 0 aromatic carbocycles. The summed E-state index contributed by atoms with van der Waals surface area (Å²) in [5.41, 5.74) is 1.54. The molecule has 18 heavy (non-hydrogen) atoms. The SMILES string of the molecule is C1=CC(CN2CCN(CC3CC3)CC2)=CCCC1. The predicted octanol–water partition coefficient (Wildman–Crippen LogP) is 2.68. The molecule has 0 N–H and O–H groups in total. The van der Waals surface area contributed by atoms with Crippen molar-refractivity contribution in [2.45, 2.75) is 32.1 Å². The maximum absolute atomic E-state index is 2.67. The third kappa shape index (κ3) is 3.69. The molecule has 0 atom stereocenters. The quantitative estimate of drug-likeness (QED) is 0.752. The van der Waals surface area contributed by atoms with Crippen molar-refractivity contribution in [3.63, 3.8) is 0 Å². The van der Waals surface area contributed by atoms with E-state index in [1.807, 2.05) is 0 Å². The molecule has 1 saturated carbocycles. The van der Waals surface area contributed by atoms with Gasteiger partial charge in [-0.05, 0) is 43.6 Å². The van der Waals surface area contributed by atoms with Crippen molar-refractivity contribution in [2.24, 2.45) is 5.92 Å². The summed E-state index contributed by atoms with van der Waals surface area (Å²) in [6.45, 7) is 7.64. The van der Waals surface area contributed by atoms with Crippen molar-refractivity contribution >= 4 is 0 Å². The Morgan fingerprint density at radius 3 is 2.56 bits per heavy atom. The molecule has 0 spiro atoms. The van der Waals surface area contributed by atoms with Gasteiger partial charge in [-0.15, -0.1) is 0 Å². The van der Waals surface area contributed by atoms with Gasteiger partial charge in [0.15, 0.2) is 0 Å². The predicted molar refractivity (Wildman–Crippen MR) is 76.7 cm³/mol.